The molecule has 0 atom stereocenters. The van der Waals surface area contributed by atoms with Crippen molar-refractivity contribution in [3.8, 4) is 0 Å². The number of nitrogens with one attached hydrogen (secondary N) is 1. The highest BCUT2D eigenvalue weighted by Crippen LogP contribution is 2.18. The van der Waals surface area contributed by atoms with Crippen molar-refractivity contribution >= 4 is 17.3 Å². The lowest BCUT2D eigenvalue weighted by molar-refractivity contribution is 0.0625. The van der Waals surface area contributed by atoms with Crippen LogP contribution < -0.4 is 5.32 Å². The Morgan fingerprint density at radius 3 is 2.95 bits per heavy atom. The molecule has 0 aliphatic carbocycles. The van der Waals surface area contributed by atoms with Crippen molar-refractivity contribution < 1.29 is 4.74 Å². The van der Waals surface area contributed by atoms with Crippen molar-refractivity contribution in [1.29, 1.82) is 0 Å². The van der Waals surface area contributed by atoms with Crippen LogP contribution >= 0.6 is 11.3 Å². The molecule has 1 aromatic heterocycles. The predicted octanol–water partition coefficient (Wildman–Crippen LogP) is 2.57. The molecule has 0 radical (unpaired) electrons. The molecule has 4 nitrogen and oxygen atoms in total. The fourth-order valence-corrected chi connectivity index (χ4v) is 3.14. The highest BCUT2D eigenvalue weighted by Gasteiger charge is 2.15. The fourth-order valence-electron chi connectivity index (χ4n) is 2.48. The second-order valence-electron chi connectivity index (χ2n) is 5.30. The molecule has 0 bridgehead atoms. The zero-order valence-electron chi connectivity index (χ0n) is 12.5. The number of ether oxygens (including phenoxy) is 1. The van der Waals surface area contributed by atoms with Crippen LogP contribution in [0.5, 0.6) is 0 Å². The quantitative estimate of drug-likeness (QED) is 0.670. The first-order valence-electron chi connectivity index (χ1n) is 7.30. The summed E-state index contributed by atoms with van der Waals surface area (Å²) in [6, 6.07) is 2.15. The molecule has 112 valence electrons. The summed E-state index contributed by atoms with van der Waals surface area (Å²) in [4.78, 5) is 6.59. The minimum atomic E-state index is 0.807. The van der Waals surface area contributed by atoms with Gasteiger partial charge in [0.25, 0.3) is 0 Å². The van der Waals surface area contributed by atoms with Crippen molar-refractivity contribution in [2.45, 2.75) is 25.8 Å². The SMILES string of the molecule is CN=C(NCc1ccsc1)N(C)CCC1CCOCC1. The largest absolute Gasteiger partial charge is 0.381 e. The molecule has 1 aliphatic heterocycles. The van der Waals surface area contributed by atoms with E-state index in [9.17, 15) is 0 Å². The molecule has 1 aromatic rings. The van der Waals surface area contributed by atoms with Crippen LogP contribution in [0, 0.1) is 5.92 Å². The lowest BCUT2D eigenvalue weighted by atomic mass is 9.96. The highest BCUT2D eigenvalue weighted by molar-refractivity contribution is 7.07. The second-order valence-corrected chi connectivity index (χ2v) is 6.08. The Hall–Kier alpha value is -1.07. The van der Waals surface area contributed by atoms with Crippen LogP contribution in [-0.2, 0) is 11.3 Å². The van der Waals surface area contributed by atoms with Gasteiger partial charge in [-0.3, -0.25) is 4.99 Å². The predicted molar refractivity (Wildman–Crippen MR) is 85.3 cm³/mol. The number of nitrogens with zero attached hydrogens (tertiary/aromatic N) is 2. The Labute approximate surface area is 125 Å². The molecule has 1 saturated heterocycles. The summed E-state index contributed by atoms with van der Waals surface area (Å²) < 4.78 is 5.41. The monoisotopic (exact) mass is 295 g/mol. The van der Waals surface area contributed by atoms with E-state index in [-0.39, 0.29) is 0 Å². The van der Waals surface area contributed by atoms with Crippen LogP contribution in [0.3, 0.4) is 0 Å². The summed E-state index contributed by atoms with van der Waals surface area (Å²) in [6.07, 6.45) is 3.63. The lowest BCUT2D eigenvalue weighted by Gasteiger charge is -2.26. The minimum Gasteiger partial charge on any atom is -0.381 e. The zero-order chi connectivity index (χ0) is 14.2. The van der Waals surface area contributed by atoms with E-state index in [1.807, 2.05) is 7.05 Å². The summed E-state index contributed by atoms with van der Waals surface area (Å²) in [5, 5.41) is 7.69. The van der Waals surface area contributed by atoms with E-state index in [4.69, 9.17) is 4.74 Å². The summed E-state index contributed by atoms with van der Waals surface area (Å²) in [5.41, 5.74) is 1.31. The molecule has 0 aromatic carbocycles. The molecule has 0 amide bonds. The van der Waals surface area contributed by atoms with Gasteiger partial charge in [-0.05, 0) is 47.6 Å². The van der Waals surface area contributed by atoms with Crippen LogP contribution in [-0.4, -0.2) is 44.7 Å². The molecular formula is C15H25N3OS. The summed E-state index contributed by atoms with van der Waals surface area (Å²) >= 11 is 1.73. The summed E-state index contributed by atoms with van der Waals surface area (Å²) in [5.74, 6) is 1.78. The van der Waals surface area contributed by atoms with E-state index in [1.165, 1.54) is 24.8 Å². The van der Waals surface area contributed by atoms with Crippen LogP contribution in [0.2, 0.25) is 0 Å². The van der Waals surface area contributed by atoms with E-state index in [2.05, 4.69) is 39.1 Å². The lowest BCUT2D eigenvalue weighted by Crippen LogP contribution is -2.39. The van der Waals surface area contributed by atoms with Gasteiger partial charge < -0.3 is 15.0 Å². The first-order chi connectivity index (χ1) is 9.79. The number of guanidine groups is 1. The normalized spacial score (nSPS) is 17.2. The molecule has 0 saturated carbocycles. The standard InChI is InChI=1S/C15H25N3OS/c1-16-15(17-11-14-6-10-20-12-14)18(2)7-3-13-4-8-19-9-5-13/h6,10,12-13H,3-5,7-9,11H2,1-2H3,(H,16,17). The van der Waals surface area contributed by atoms with Crippen molar-refractivity contribution in [2.75, 3.05) is 33.9 Å². The fraction of sp³-hybridized carbons (Fsp3) is 0.667. The molecule has 5 heteroatoms. The van der Waals surface area contributed by atoms with Gasteiger partial charge in [0, 0.05) is 40.4 Å². The Morgan fingerprint density at radius 2 is 2.30 bits per heavy atom. The number of aliphatic imine (C=N–C) groups is 1. The third kappa shape index (κ3) is 4.80. The molecule has 1 aliphatic rings. The van der Waals surface area contributed by atoms with Gasteiger partial charge in [-0.2, -0.15) is 11.3 Å². The van der Waals surface area contributed by atoms with Crippen LogP contribution in [0.15, 0.2) is 21.8 Å². The summed E-state index contributed by atoms with van der Waals surface area (Å²) in [6.45, 7) is 3.75. The van der Waals surface area contributed by atoms with Crippen molar-refractivity contribution in [2.24, 2.45) is 10.9 Å². The van der Waals surface area contributed by atoms with Gasteiger partial charge in [0.1, 0.15) is 0 Å². The maximum absolute atomic E-state index is 5.41. The van der Waals surface area contributed by atoms with Crippen LogP contribution in [0.25, 0.3) is 0 Å². The minimum absolute atomic E-state index is 0.807. The Morgan fingerprint density at radius 1 is 1.50 bits per heavy atom. The van der Waals surface area contributed by atoms with Crippen molar-refractivity contribution in [3.63, 3.8) is 0 Å². The Balaban J connectivity index is 1.72. The van der Waals surface area contributed by atoms with E-state index in [0.29, 0.717) is 0 Å². The zero-order valence-corrected chi connectivity index (χ0v) is 13.3. The first-order valence-corrected chi connectivity index (χ1v) is 8.24. The number of thiophene rings is 1. The average molecular weight is 295 g/mol. The summed E-state index contributed by atoms with van der Waals surface area (Å²) in [7, 11) is 3.96. The third-order valence-corrected chi connectivity index (χ3v) is 4.55. The number of hydrogen-bond acceptors (Lipinski definition) is 3. The van der Waals surface area contributed by atoms with E-state index < -0.39 is 0 Å². The number of hydrogen-bond donors (Lipinski definition) is 1. The molecule has 0 spiro atoms. The van der Waals surface area contributed by atoms with Crippen LogP contribution in [0.4, 0.5) is 0 Å². The maximum Gasteiger partial charge on any atom is 0.193 e. The Bertz CT molecular complexity index is 399. The van der Waals surface area contributed by atoms with Crippen molar-refractivity contribution in [3.05, 3.63) is 22.4 Å². The molecule has 0 unspecified atom stereocenters. The van der Waals surface area contributed by atoms with Gasteiger partial charge >= 0.3 is 0 Å². The topological polar surface area (TPSA) is 36.9 Å². The van der Waals surface area contributed by atoms with E-state index in [0.717, 1.165) is 38.2 Å². The van der Waals surface area contributed by atoms with Gasteiger partial charge in [-0.1, -0.05) is 0 Å². The molecule has 20 heavy (non-hydrogen) atoms. The van der Waals surface area contributed by atoms with Gasteiger partial charge in [0.2, 0.25) is 0 Å². The highest BCUT2D eigenvalue weighted by atomic mass is 32.1. The molecule has 2 heterocycles. The van der Waals surface area contributed by atoms with Crippen LogP contribution in [0.1, 0.15) is 24.8 Å². The average Bonchev–Trinajstić information content (AvgIpc) is 3.00. The Kier molecular flexibility index (Phi) is 6.33. The van der Waals surface area contributed by atoms with Gasteiger partial charge in [0.15, 0.2) is 5.96 Å². The molecule has 1 fully saturated rings. The van der Waals surface area contributed by atoms with Gasteiger partial charge in [0.05, 0.1) is 0 Å². The molecule has 2 rings (SSSR count). The first kappa shape index (κ1) is 15.3. The van der Waals surface area contributed by atoms with Crippen molar-refractivity contribution in [1.82, 2.24) is 10.2 Å². The maximum atomic E-state index is 5.41. The smallest absolute Gasteiger partial charge is 0.193 e. The van der Waals surface area contributed by atoms with Gasteiger partial charge in [-0.25, -0.2) is 0 Å². The second kappa shape index (κ2) is 8.27. The van der Waals surface area contributed by atoms with Gasteiger partial charge in [-0.15, -0.1) is 0 Å². The van der Waals surface area contributed by atoms with E-state index in [1.54, 1.807) is 11.3 Å². The molecule has 1 N–H and O–H groups in total. The van der Waals surface area contributed by atoms with E-state index >= 15 is 0 Å². The third-order valence-electron chi connectivity index (χ3n) is 3.82. The number of rotatable bonds is 5. The molecular weight excluding hydrogens is 270 g/mol.